The topological polar surface area (TPSA) is 64.7 Å². The molecule has 2 heterocycles. The summed E-state index contributed by atoms with van der Waals surface area (Å²) in [6, 6.07) is 7.51. The van der Waals surface area contributed by atoms with E-state index in [0.29, 0.717) is 12.1 Å². The molecule has 0 saturated carbocycles. The molecule has 0 aliphatic carbocycles. The number of rotatable bonds is 5. The maximum Gasteiger partial charge on any atom is 0.251 e. The molecule has 0 saturated heterocycles. The molecule has 6 heteroatoms. The zero-order valence-electron chi connectivity index (χ0n) is 12.8. The number of hydrogen-bond acceptors (Lipinski definition) is 3. The number of nitrogens with one attached hydrogen (secondary N) is 1. The minimum absolute atomic E-state index is 0.0642. The Balaban J connectivity index is 1.60. The average molecular weight is 297 g/mol. The van der Waals surface area contributed by atoms with Gasteiger partial charge in [0.2, 0.25) is 0 Å². The van der Waals surface area contributed by atoms with Gasteiger partial charge in [0.15, 0.2) is 0 Å². The van der Waals surface area contributed by atoms with Gasteiger partial charge in [-0.15, -0.1) is 0 Å². The van der Waals surface area contributed by atoms with Crippen LogP contribution in [0.25, 0.3) is 11.0 Å². The molecule has 0 radical (unpaired) electrons. The third kappa shape index (κ3) is 2.86. The molecule has 0 fully saturated rings. The average Bonchev–Trinajstić information content (AvgIpc) is 3.12. The predicted molar refractivity (Wildman–Crippen MR) is 84.6 cm³/mol. The van der Waals surface area contributed by atoms with Crippen molar-refractivity contribution in [2.75, 3.05) is 6.54 Å². The van der Waals surface area contributed by atoms with E-state index in [1.165, 1.54) is 0 Å². The normalized spacial score (nSPS) is 11.0. The molecule has 22 heavy (non-hydrogen) atoms. The van der Waals surface area contributed by atoms with Crippen molar-refractivity contribution in [3.05, 3.63) is 48.0 Å². The second-order valence-corrected chi connectivity index (χ2v) is 5.30. The highest BCUT2D eigenvalue weighted by Gasteiger charge is 2.09. The molecule has 0 aliphatic heterocycles. The van der Waals surface area contributed by atoms with E-state index in [0.717, 1.165) is 29.8 Å². The monoisotopic (exact) mass is 297 g/mol. The lowest BCUT2D eigenvalue weighted by Crippen LogP contribution is -2.25. The fourth-order valence-electron chi connectivity index (χ4n) is 2.44. The molecule has 3 aromatic rings. The van der Waals surface area contributed by atoms with E-state index >= 15 is 0 Å². The molecular formula is C16H19N5O. The number of benzene rings is 1. The molecule has 1 amide bonds. The molecule has 6 nitrogen and oxygen atoms in total. The Hall–Kier alpha value is -2.63. The van der Waals surface area contributed by atoms with Crippen molar-refractivity contribution in [3.63, 3.8) is 0 Å². The largest absolute Gasteiger partial charge is 0.352 e. The van der Waals surface area contributed by atoms with Gasteiger partial charge >= 0.3 is 0 Å². The van der Waals surface area contributed by atoms with E-state index in [1.807, 2.05) is 53.7 Å². The summed E-state index contributed by atoms with van der Waals surface area (Å²) in [5, 5.41) is 7.06. The number of amides is 1. The third-order valence-electron chi connectivity index (χ3n) is 3.78. The van der Waals surface area contributed by atoms with Gasteiger partial charge in [-0.05, 0) is 37.6 Å². The first kappa shape index (κ1) is 14.3. The zero-order chi connectivity index (χ0) is 15.5. The lowest BCUT2D eigenvalue weighted by atomic mass is 10.2. The van der Waals surface area contributed by atoms with Crippen LogP contribution in [0, 0.1) is 6.92 Å². The number of aromatic nitrogens is 4. The van der Waals surface area contributed by atoms with Crippen molar-refractivity contribution in [1.29, 1.82) is 0 Å². The summed E-state index contributed by atoms with van der Waals surface area (Å²) in [4.78, 5) is 16.6. The van der Waals surface area contributed by atoms with E-state index in [1.54, 1.807) is 6.20 Å². The van der Waals surface area contributed by atoms with E-state index < -0.39 is 0 Å². The van der Waals surface area contributed by atoms with Gasteiger partial charge in [0.1, 0.15) is 5.82 Å². The first-order valence-electron chi connectivity index (χ1n) is 7.34. The Bertz CT molecular complexity index is 788. The summed E-state index contributed by atoms with van der Waals surface area (Å²) in [6.45, 7) is 3.37. The second-order valence-electron chi connectivity index (χ2n) is 5.30. The second kappa shape index (κ2) is 6.01. The molecule has 0 atom stereocenters. The summed E-state index contributed by atoms with van der Waals surface area (Å²) in [5.74, 6) is 0.873. The Morgan fingerprint density at radius 3 is 3.00 bits per heavy atom. The van der Waals surface area contributed by atoms with Crippen LogP contribution in [0.15, 0.2) is 36.7 Å². The summed E-state index contributed by atoms with van der Waals surface area (Å²) in [7, 11) is 1.97. The SMILES string of the molecule is Cc1nc2cc(C(=O)NCCCn3cccn3)ccc2n1C. The van der Waals surface area contributed by atoms with Gasteiger partial charge in [-0.2, -0.15) is 5.10 Å². The lowest BCUT2D eigenvalue weighted by Gasteiger charge is -2.06. The summed E-state index contributed by atoms with van der Waals surface area (Å²) in [6.07, 6.45) is 4.51. The number of hydrogen-bond donors (Lipinski definition) is 1. The molecule has 114 valence electrons. The number of imidazole rings is 1. The first-order chi connectivity index (χ1) is 10.6. The molecule has 0 bridgehead atoms. The maximum absolute atomic E-state index is 12.2. The van der Waals surface area contributed by atoms with Crippen molar-refractivity contribution in [3.8, 4) is 0 Å². The highest BCUT2D eigenvalue weighted by molar-refractivity contribution is 5.97. The standard InChI is InChI=1S/C16H19N5O/c1-12-19-14-11-13(5-6-15(14)20(12)2)16(22)17-7-3-9-21-10-4-8-18-21/h4-6,8,10-11H,3,7,9H2,1-2H3,(H,17,22). The van der Waals surface area contributed by atoms with Crippen molar-refractivity contribution in [2.24, 2.45) is 7.05 Å². The van der Waals surface area contributed by atoms with Crippen LogP contribution in [0.1, 0.15) is 22.6 Å². The Labute approximate surface area is 128 Å². The van der Waals surface area contributed by atoms with Crippen LogP contribution in [-0.4, -0.2) is 31.8 Å². The van der Waals surface area contributed by atoms with E-state index in [9.17, 15) is 4.79 Å². The minimum atomic E-state index is -0.0642. The molecule has 1 N–H and O–H groups in total. The maximum atomic E-state index is 12.2. The Morgan fingerprint density at radius 2 is 2.23 bits per heavy atom. The summed E-state index contributed by atoms with van der Waals surface area (Å²) in [5.41, 5.74) is 2.53. The van der Waals surface area contributed by atoms with Crippen LogP contribution in [0.4, 0.5) is 0 Å². The highest BCUT2D eigenvalue weighted by atomic mass is 16.1. The minimum Gasteiger partial charge on any atom is -0.352 e. The predicted octanol–water partition coefficient (Wildman–Crippen LogP) is 1.90. The molecule has 0 aliphatic rings. The van der Waals surface area contributed by atoms with E-state index in [-0.39, 0.29) is 5.91 Å². The fraction of sp³-hybridized carbons (Fsp3) is 0.312. The molecule has 3 rings (SSSR count). The van der Waals surface area contributed by atoms with Gasteiger partial charge < -0.3 is 9.88 Å². The molecule has 1 aromatic carbocycles. The first-order valence-corrected chi connectivity index (χ1v) is 7.34. The van der Waals surface area contributed by atoms with E-state index in [4.69, 9.17) is 0 Å². The quantitative estimate of drug-likeness (QED) is 0.732. The smallest absolute Gasteiger partial charge is 0.251 e. The van der Waals surface area contributed by atoms with Crippen LogP contribution in [0.3, 0.4) is 0 Å². The van der Waals surface area contributed by atoms with Gasteiger partial charge in [0.25, 0.3) is 5.91 Å². The van der Waals surface area contributed by atoms with Crippen LogP contribution < -0.4 is 5.32 Å². The van der Waals surface area contributed by atoms with Gasteiger partial charge in [-0.1, -0.05) is 0 Å². The number of aryl methyl sites for hydroxylation is 3. The van der Waals surface area contributed by atoms with Crippen molar-refractivity contribution >= 4 is 16.9 Å². The van der Waals surface area contributed by atoms with Gasteiger partial charge in [-0.25, -0.2) is 4.98 Å². The van der Waals surface area contributed by atoms with Crippen LogP contribution in [-0.2, 0) is 13.6 Å². The number of carbonyl (C=O) groups excluding carboxylic acids is 1. The molecular weight excluding hydrogens is 278 g/mol. The Kier molecular flexibility index (Phi) is 3.91. The van der Waals surface area contributed by atoms with Gasteiger partial charge in [0, 0.05) is 38.1 Å². The number of fused-ring (bicyclic) bond motifs is 1. The van der Waals surface area contributed by atoms with Crippen LogP contribution in [0.5, 0.6) is 0 Å². The van der Waals surface area contributed by atoms with Crippen LogP contribution in [0.2, 0.25) is 0 Å². The molecule has 2 aromatic heterocycles. The number of carbonyl (C=O) groups is 1. The van der Waals surface area contributed by atoms with Crippen LogP contribution >= 0.6 is 0 Å². The number of nitrogens with zero attached hydrogens (tertiary/aromatic N) is 4. The van der Waals surface area contributed by atoms with Crippen molar-refractivity contribution < 1.29 is 4.79 Å². The fourth-order valence-corrected chi connectivity index (χ4v) is 2.44. The van der Waals surface area contributed by atoms with E-state index in [2.05, 4.69) is 15.4 Å². The Morgan fingerprint density at radius 1 is 1.36 bits per heavy atom. The summed E-state index contributed by atoms with van der Waals surface area (Å²) >= 11 is 0. The van der Waals surface area contributed by atoms with Crippen molar-refractivity contribution in [2.45, 2.75) is 19.9 Å². The molecule has 0 unspecified atom stereocenters. The zero-order valence-corrected chi connectivity index (χ0v) is 12.8. The highest BCUT2D eigenvalue weighted by Crippen LogP contribution is 2.16. The summed E-state index contributed by atoms with van der Waals surface area (Å²) < 4.78 is 3.87. The van der Waals surface area contributed by atoms with Gasteiger partial charge in [0.05, 0.1) is 11.0 Å². The van der Waals surface area contributed by atoms with Crippen molar-refractivity contribution in [1.82, 2.24) is 24.6 Å². The molecule has 0 spiro atoms. The van der Waals surface area contributed by atoms with Gasteiger partial charge in [-0.3, -0.25) is 9.48 Å². The third-order valence-corrected chi connectivity index (χ3v) is 3.78. The lowest BCUT2D eigenvalue weighted by molar-refractivity contribution is 0.0952.